The van der Waals surface area contributed by atoms with Crippen molar-refractivity contribution in [2.24, 2.45) is 23.7 Å². The van der Waals surface area contributed by atoms with Gasteiger partial charge in [0.1, 0.15) is 0 Å². The van der Waals surface area contributed by atoms with E-state index >= 15 is 0 Å². The number of rotatable bonds is 1. The van der Waals surface area contributed by atoms with Crippen molar-refractivity contribution in [1.82, 2.24) is 0 Å². The van der Waals surface area contributed by atoms with Crippen molar-refractivity contribution in [1.29, 1.82) is 0 Å². The summed E-state index contributed by atoms with van der Waals surface area (Å²) >= 11 is 0. The van der Waals surface area contributed by atoms with Gasteiger partial charge in [-0.3, -0.25) is 0 Å². The van der Waals surface area contributed by atoms with Gasteiger partial charge in [0.2, 0.25) is 0 Å². The largest absolute Gasteiger partial charge is 0.393 e. The lowest BCUT2D eigenvalue weighted by Gasteiger charge is -2.36. The van der Waals surface area contributed by atoms with Crippen LogP contribution >= 0.6 is 0 Å². The fourth-order valence-corrected chi connectivity index (χ4v) is 4.49. The van der Waals surface area contributed by atoms with Gasteiger partial charge >= 0.3 is 0 Å². The zero-order valence-electron chi connectivity index (χ0n) is 8.99. The van der Waals surface area contributed by atoms with Crippen LogP contribution in [0.4, 0.5) is 0 Å². The van der Waals surface area contributed by atoms with Crippen LogP contribution < -0.4 is 0 Å². The zero-order valence-corrected chi connectivity index (χ0v) is 8.99. The van der Waals surface area contributed by atoms with Crippen molar-refractivity contribution in [3.8, 4) is 0 Å². The minimum Gasteiger partial charge on any atom is -0.393 e. The van der Waals surface area contributed by atoms with Crippen molar-refractivity contribution < 1.29 is 5.11 Å². The molecule has 3 rings (SSSR count). The van der Waals surface area contributed by atoms with Gasteiger partial charge in [-0.15, -0.1) is 0 Å². The summed E-state index contributed by atoms with van der Waals surface area (Å²) in [6.45, 7) is 0. The second-order valence-corrected chi connectivity index (χ2v) is 5.80. The lowest BCUT2D eigenvalue weighted by molar-refractivity contribution is 0.0174. The molecule has 0 aliphatic heterocycles. The van der Waals surface area contributed by atoms with Gasteiger partial charge in [-0.1, -0.05) is 32.1 Å². The zero-order chi connectivity index (χ0) is 9.54. The minimum atomic E-state index is 0.0804. The molecule has 1 nitrogen and oxygen atoms in total. The second-order valence-electron chi connectivity index (χ2n) is 5.80. The van der Waals surface area contributed by atoms with Gasteiger partial charge in [0.15, 0.2) is 0 Å². The number of aliphatic hydroxyl groups excluding tert-OH is 1. The van der Waals surface area contributed by atoms with Gasteiger partial charge in [-0.05, 0) is 42.9 Å². The van der Waals surface area contributed by atoms with E-state index in [1.807, 2.05) is 0 Å². The van der Waals surface area contributed by atoms with Crippen LogP contribution in [-0.2, 0) is 0 Å². The third kappa shape index (κ3) is 1.32. The summed E-state index contributed by atoms with van der Waals surface area (Å²) < 4.78 is 0. The molecule has 4 atom stereocenters. The van der Waals surface area contributed by atoms with Crippen LogP contribution in [0.15, 0.2) is 0 Å². The summed E-state index contributed by atoms with van der Waals surface area (Å²) in [6.07, 6.45) is 11.3. The van der Waals surface area contributed by atoms with Crippen molar-refractivity contribution >= 4 is 0 Å². The molecule has 3 aliphatic carbocycles. The Bertz CT molecular complexity index is 205. The Morgan fingerprint density at radius 2 is 1.43 bits per heavy atom. The second kappa shape index (κ2) is 3.52. The summed E-state index contributed by atoms with van der Waals surface area (Å²) in [6, 6.07) is 0. The monoisotopic (exact) mass is 194 g/mol. The number of hydrogen-bond acceptors (Lipinski definition) is 1. The van der Waals surface area contributed by atoms with Crippen molar-refractivity contribution in [2.75, 3.05) is 0 Å². The Morgan fingerprint density at radius 3 is 2.07 bits per heavy atom. The van der Waals surface area contributed by atoms with E-state index in [1.54, 1.807) is 0 Å². The molecule has 3 fully saturated rings. The quantitative estimate of drug-likeness (QED) is 0.680. The van der Waals surface area contributed by atoms with Crippen LogP contribution in [0, 0.1) is 23.7 Å². The molecule has 3 aliphatic rings. The standard InChI is InChI=1S/C13H22O/c14-13-11-7-6-10(8-11)12(13)9-4-2-1-3-5-9/h9-14H,1-8H2/t10-,11+,12-,13-/m0/s1. The van der Waals surface area contributed by atoms with Crippen molar-refractivity contribution in [3.63, 3.8) is 0 Å². The molecule has 80 valence electrons. The molecule has 0 amide bonds. The first-order chi connectivity index (χ1) is 6.86. The summed E-state index contributed by atoms with van der Waals surface area (Å²) in [4.78, 5) is 0. The van der Waals surface area contributed by atoms with Crippen LogP contribution in [0.5, 0.6) is 0 Å². The molecule has 0 radical (unpaired) electrons. The van der Waals surface area contributed by atoms with Crippen LogP contribution in [0.1, 0.15) is 51.4 Å². The molecule has 0 aromatic heterocycles. The molecule has 0 spiro atoms. The van der Waals surface area contributed by atoms with Crippen LogP contribution in [0.2, 0.25) is 0 Å². The Labute approximate surface area is 86.9 Å². The van der Waals surface area contributed by atoms with Gasteiger partial charge in [0.05, 0.1) is 6.10 Å². The molecule has 1 N–H and O–H groups in total. The lowest BCUT2D eigenvalue weighted by atomic mass is 9.71. The van der Waals surface area contributed by atoms with Gasteiger partial charge in [0.25, 0.3) is 0 Å². The average molecular weight is 194 g/mol. The third-order valence-corrected chi connectivity index (χ3v) is 5.13. The van der Waals surface area contributed by atoms with Gasteiger partial charge < -0.3 is 5.11 Å². The maximum Gasteiger partial charge on any atom is 0.0601 e. The molecule has 0 heterocycles. The Hall–Kier alpha value is -0.0400. The summed E-state index contributed by atoms with van der Waals surface area (Å²) in [5.41, 5.74) is 0. The number of hydrogen-bond donors (Lipinski definition) is 1. The van der Waals surface area contributed by atoms with E-state index in [2.05, 4.69) is 0 Å². The van der Waals surface area contributed by atoms with E-state index in [4.69, 9.17) is 0 Å². The molecule has 0 aromatic carbocycles. The van der Waals surface area contributed by atoms with E-state index in [9.17, 15) is 5.11 Å². The van der Waals surface area contributed by atoms with E-state index in [-0.39, 0.29) is 6.10 Å². The molecule has 0 saturated heterocycles. The Kier molecular flexibility index (Phi) is 2.31. The molecular formula is C13H22O. The molecule has 0 unspecified atom stereocenters. The van der Waals surface area contributed by atoms with Crippen LogP contribution in [0.3, 0.4) is 0 Å². The fraction of sp³-hybridized carbons (Fsp3) is 1.00. The van der Waals surface area contributed by atoms with E-state index in [0.717, 1.165) is 11.8 Å². The number of fused-ring (bicyclic) bond motifs is 2. The minimum absolute atomic E-state index is 0.0804. The van der Waals surface area contributed by atoms with Crippen LogP contribution in [0.25, 0.3) is 0 Å². The molecule has 0 aromatic rings. The average Bonchev–Trinajstić information content (AvgIpc) is 2.79. The highest BCUT2D eigenvalue weighted by Crippen LogP contribution is 2.53. The predicted molar refractivity (Wildman–Crippen MR) is 56.9 cm³/mol. The fourth-order valence-electron chi connectivity index (χ4n) is 4.49. The maximum absolute atomic E-state index is 10.2. The first kappa shape index (κ1) is 9.21. The topological polar surface area (TPSA) is 20.2 Å². The molecule has 3 saturated carbocycles. The van der Waals surface area contributed by atoms with Gasteiger partial charge in [-0.2, -0.15) is 0 Å². The SMILES string of the molecule is O[C@H]1[C@@H]2CC[C@@H](C2)[C@@H]1C1CCCCC1. The van der Waals surface area contributed by atoms with Crippen molar-refractivity contribution in [2.45, 2.75) is 57.5 Å². The van der Waals surface area contributed by atoms with E-state index in [0.29, 0.717) is 11.8 Å². The summed E-state index contributed by atoms with van der Waals surface area (Å²) in [7, 11) is 0. The molecular weight excluding hydrogens is 172 g/mol. The van der Waals surface area contributed by atoms with E-state index in [1.165, 1.54) is 51.4 Å². The molecule has 2 bridgehead atoms. The summed E-state index contributed by atoms with van der Waals surface area (Å²) in [5, 5.41) is 10.2. The normalized spacial score (nSPS) is 48.6. The van der Waals surface area contributed by atoms with Crippen LogP contribution in [-0.4, -0.2) is 11.2 Å². The first-order valence-corrected chi connectivity index (χ1v) is 6.54. The van der Waals surface area contributed by atoms with Gasteiger partial charge in [-0.25, -0.2) is 0 Å². The van der Waals surface area contributed by atoms with Crippen molar-refractivity contribution in [3.05, 3.63) is 0 Å². The predicted octanol–water partition coefficient (Wildman–Crippen LogP) is 2.97. The van der Waals surface area contributed by atoms with Gasteiger partial charge in [0, 0.05) is 0 Å². The Balaban J connectivity index is 1.71. The maximum atomic E-state index is 10.2. The third-order valence-electron chi connectivity index (χ3n) is 5.13. The first-order valence-electron chi connectivity index (χ1n) is 6.54. The smallest absolute Gasteiger partial charge is 0.0601 e. The highest BCUT2D eigenvalue weighted by atomic mass is 16.3. The highest BCUT2D eigenvalue weighted by Gasteiger charge is 2.49. The Morgan fingerprint density at radius 1 is 0.714 bits per heavy atom. The lowest BCUT2D eigenvalue weighted by Crippen LogP contribution is -2.34. The summed E-state index contributed by atoms with van der Waals surface area (Å²) in [5.74, 6) is 3.17. The molecule has 14 heavy (non-hydrogen) atoms. The van der Waals surface area contributed by atoms with E-state index < -0.39 is 0 Å². The molecule has 1 heteroatoms. The highest BCUT2D eigenvalue weighted by molar-refractivity contribution is 4.99. The number of aliphatic hydroxyl groups is 1.